The second-order valence-corrected chi connectivity index (χ2v) is 13.5. The molecule has 8 heteroatoms. The van der Waals surface area contributed by atoms with Crippen LogP contribution in [0.1, 0.15) is 105 Å². The van der Waals surface area contributed by atoms with E-state index in [2.05, 4.69) is 86.0 Å². The van der Waals surface area contributed by atoms with Gasteiger partial charge in [-0.25, -0.2) is 0 Å². The summed E-state index contributed by atoms with van der Waals surface area (Å²) in [5.74, 6) is 0. The molecule has 5 rings (SSSR count). The normalized spacial score (nSPS) is 11.6. The van der Waals surface area contributed by atoms with Crippen molar-refractivity contribution in [2.75, 3.05) is 36.0 Å². The van der Waals surface area contributed by atoms with E-state index >= 15 is 0 Å². The molecule has 252 valence electrons. The molecule has 0 spiro atoms. The third kappa shape index (κ3) is 8.50. The molecule has 0 unspecified atom stereocenters. The van der Waals surface area contributed by atoms with Crippen LogP contribution in [0.5, 0.6) is 0 Å². The van der Waals surface area contributed by atoms with E-state index in [9.17, 15) is 0 Å². The number of anilines is 2. The zero-order valence-corrected chi connectivity index (χ0v) is 30.3. The number of unbranched alkanes of at least 4 members (excludes halogenated alkanes) is 8. The standard InChI is InChI=1S/C39H55N7S/c1-6-10-14-26-45(27-15-11-7-2)32-22-18-30(19-23-32)34-36-37(41-44(5)40-36)35(39-38(34)42-47-43-39)31-20-24-33(25-21-31)46(28-16-12-8-3)29-17-13-9-4/h18-25H,6-17,26-29H2,1-5H3. The second kappa shape index (κ2) is 17.6. The van der Waals surface area contributed by atoms with E-state index in [1.807, 2.05) is 7.05 Å². The van der Waals surface area contributed by atoms with Gasteiger partial charge in [0.15, 0.2) is 7.05 Å². The molecule has 0 radical (unpaired) electrons. The maximum atomic E-state index is 4.92. The van der Waals surface area contributed by atoms with E-state index in [0.717, 1.165) is 70.5 Å². The quantitative estimate of drug-likeness (QED) is 0.0616. The van der Waals surface area contributed by atoms with Crippen molar-refractivity contribution in [2.45, 2.75) is 105 Å². The van der Waals surface area contributed by atoms with Gasteiger partial charge in [0.1, 0.15) is 11.0 Å². The lowest BCUT2D eigenvalue weighted by Gasteiger charge is -2.25. The van der Waals surface area contributed by atoms with Gasteiger partial charge in [0.25, 0.3) is 0 Å². The van der Waals surface area contributed by atoms with Gasteiger partial charge in [0.05, 0.1) is 11.7 Å². The predicted octanol–water partition coefficient (Wildman–Crippen LogP) is 9.73. The highest BCUT2D eigenvalue weighted by atomic mass is 32.1. The van der Waals surface area contributed by atoms with E-state index in [0.29, 0.717) is 0 Å². The van der Waals surface area contributed by atoms with Gasteiger partial charge in [0.2, 0.25) is 0 Å². The first kappa shape index (κ1) is 34.8. The first-order valence-corrected chi connectivity index (χ1v) is 19.0. The third-order valence-electron chi connectivity index (χ3n) is 9.32. The summed E-state index contributed by atoms with van der Waals surface area (Å²) >= 11 is 1.27. The molecule has 2 heterocycles. The van der Waals surface area contributed by atoms with Crippen LogP contribution in [0.4, 0.5) is 11.4 Å². The SMILES string of the molecule is CCCCCN(CCCCC)c1ccc(-c2c3nsnc3c(-c3ccc(N(CCCCC)CCCCC)cc3)c3[n-][n+](C)nc23)cc1. The average Bonchev–Trinajstić information content (AvgIpc) is 3.72. The maximum absolute atomic E-state index is 4.92. The van der Waals surface area contributed by atoms with Crippen molar-refractivity contribution in [3.63, 3.8) is 0 Å². The van der Waals surface area contributed by atoms with Gasteiger partial charge in [-0.15, -0.1) is 0 Å². The van der Waals surface area contributed by atoms with E-state index in [4.69, 9.17) is 18.9 Å². The minimum atomic E-state index is 0.878. The molecule has 0 fully saturated rings. The van der Waals surface area contributed by atoms with Crippen molar-refractivity contribution in [3.8, 4) is 22.3 Å². The zero-order valence-electron chi connectivity index (χ0n) is 29.5. The first-order chi connectivity index (χ1) is 23.1. The lowest BCUT2D eigenvalue weighted by Crippen LogP contribution is -2.35. The number of aromatic nitrogens is 5. The zero-order chi connectivity index (χ0) is 33.0. The fourth-order valence-corrected chi connectivity index (χ4v) is 7.22. The van der Waals surface area contributed by atoms with Crippen molar-refractivity contribution in [1.29, 1.82) is 0 Å². The van der Waals surface area contributed by atoms with Gasteiger partial charge >= 0.3 is 0 Å². The minimum Gasteiger partial charge on any atom is -0.372 e. The maximum Gasteiger partial charge on any atom is 0.152 e. The molecule has 0 N–H and O–H groups in total. The van der Waals surface area contributed by atoms with E-state index in [1.165, 1.54) is 100 Å². The Balaban J connectivity index is 1.49. The Kier molecular flexibility index (Phi) is 13.0. The topological polar surface area (TPSA) is 63.1 Å². The van der Waals surface area contributed by atoms with Gasteiger partial charge in [-0.3, -0.25) is 0 Å². The molecule has 0 aliphatic rings. The van der Waals surface area contributed by atoms with Crippen LogP contribution in [-0.2, 0) is 7.05 Å². The lowest BCUT2D eigenvalue weighted by molar-refractivity contribution is -0.783. The summed E-state index contributed by atoms with van der Waals surface area (Å²) in [4.78, 5) is 6.82. The number of benzene rings is 3. The van der Waals surface area contributed by atoms with Gasteiger partial charge < -0.3 is 9.80 Å². The number of aryl methyl sites for hydroxylation is 1. The summed E-state index contributed by atoms with van der Waals surface area (Å²) in [7, 11) is 1.91. The molecule has 7 nitrogen and oxygen atoms in total. The van der Waals surface area contributed by atoms with E-state index in [-0.39, 0.29) is 0 Å². The van der Waals surface area contributed by atoms with Crippen molar-refractivity contribution >= 4 is 45.2 Å². The van der Waals surface area contributed by atoms with Crippen LogP contribution >= 0.6 is 11.7 Å². The number of rotatable bonds is 20. The molecule has 0 aliphatic carbocycles. The summed E-state index contributed by atoms with van der Waals surface area (Å²) < 4.78 is 9.72. The summed E-state index contributed by atoms with van der Waals surface area (Å²) in [6, 6.07) is 18.1. The summed E-state index contributed by atoms with van der Waals surface area (Å²) in [6.45, 7) is 13.5. The van der Waals surface area contributed by atoms with Crippen LogP contribution in [0.15, 0.2) is 48.5 Å². The molecular formula is C39H55N7S. The first-order valence-electron chi connectivity index (χ1n) is 18.3. The predicted molar refractivity (Wildman–Crippen MR) is 201 cm³/mol. The van der Waals surface area contributed by atoms with Gasteiger partial charge in [-0.1, -0.05) is 103 Å². The second-order valence-electron chi connectivity index (χ2n) is 13.0. The number of hydrogen-bond acceptors (Lipinski definition) is 6. The van der Waals surface area contributed by atoms with E-state index in [1.54, 1.807) is 4.80 Å². The van der Waals surface area contributed by atoms with Gasteiger partial charge in [-0.05, 0) is 61.1 Å². The molecule has 47 heavy (non-hydrogen) atoms. The van der Waals surface area contributed by atoms with Crippen molar-refractivity contribution in [3.05, 3.63) is 48.5 Å². The number of hydrogen-bond donors (Lipinski definition) is 0. The molecule has 2 aromatic heterocycles. The van der Waals surface area contributed by atoms with Crippen LogP contribution in [0, 0.1) is 0 Å². The summed E-state index contributed by atoms with van der Waals surface area (Å²) in [6.07, 6.45) is 15.0. The highest BCUT2D eigenvalue weighted by Crippen LogP contribution is 2.41. The van der Waals surface area contributed by atoms with Crippen LogP contribution in [0.25, 0.3) is 44.3 Å². The highest BCUT2D eigenvalue weighted by molar-refractivity contribution is 7.00. The molecule has 0 bridgehead atoms. The Morgan fingerprint density at radius 3 is 1.38 bits per heavy atom. The molecular weight excluding hydrogens is 599 g/mol. The molecule has 3 aromatic carbocycles. The van der Waals surface area contributed by atoms with Gasteiger partial charge in [0, 0.05) is 59.7 Å². The molecule has 5 aromatic rings. The minimum absolute atomic E-state index is 0.878. The number of fused-ring (bicyclic) bond motifs is 2. The van der Waals surface area contributed by atoms with Crippen molar-refractivity contribution < 1.29 is 4.80 Å². The lowest BCUT2D eigenvalue weighted by atomic mass is 9.95. The molecule has 0 atom stereocenters. The Morgan fingerprint density at radius 1 is 0.553 bits per heavy atom. The molecule has 0 amide bonds. The summed E-state index contributed by atoms with van der Waals surface area (Å²) in [5, 5.41) is 9.83. The highest BCUT2D eigenvalue weighted by Gasteiger charge is 2.21. The molecule has 0 saturated heterocycles. The average molecular weight is 654 g/mol. The van der Waals surface area contributed by atoms with Crippen LogP contribution < -0.4 is 19.7 Å². The van der Waals surface area contributed by atoms with Crippen molar-refractivity contribution in [2.24, 2.45) is 7.05 Å². The van der Waals surface area contributed by atoms with Crippen molar-refractivity contribution in [1.82, 2.24) is 18.9 Å². The molecule has 0 saturated carbocycles. The monoisotopic (exact) mass is 653 g/mol. The van der Waals surface area contributed by atoms with E-state index < -0.39 is 0 Å². The summed E-state index contributed by atoms with van der Waals surface area (Å²) in [5.41, 5.74) is 10.4. The largest absolute Gasteiger partial charge is 0.372 e. The van der Waals surface area contributed by atoms with Crippen LogP contribution in [-0.4, -0.2) is 40.0 Å². The number of nitrogens with zero attached hydrogens (tertiary/aromatic N) is 7. The Bertz CT molecular complexity index is 1520. The Labute approximate surface area is 286 Å². The fourth-order valence-electron chi connectivity index (χ4n) is 6.66. The fraction of sp³-hybridized carbons (Fsp3) is 0.538. The molecule has 0 aliphatic heterocycles. The smallest absolute Gasteiger partial charge is 0.152 e. The van der Waals surface area contributed by atoms with Crippen LogP contribution in [0.3, 0.4) is 0 Å². The third-order valence-corrected chi connectivity index (χ3v) is 9.85. The van der Waals surface area contributed by atoms with Gasteiger partial charge in [-0.2, -0.15) is 23.7 Å². The van der Waals surface area contributed by atoms with Crippen LogP contribution in [0.2, 0.25) is 0 Å². The Morgan fingerprint density at radius 2 is 0.957 bits per heavy atom. The Hall–Kier alpha value is -3.52.